The van der Waals surface area contributed by atoms with Gasteiger partial charge in [-0.15, -0.1) is 0 Å². The molecule has 1 aromatic heterocycles. The van der Waals surface area contributed by atoms with Crippen molar-refractivity contribution in [3.63, 3.8) is 0 Å². The molecule has 0 amide bonds. The molecule has 1 rings (SSSR count). The number of oxime groups is 1. The summed E-state index contributed by atoms with van der Waals surface area (Å²) in [5.74, 6) is 0.847. The second-order valence-corrected chi connectivity index (χ2v) is 4.56. The Kier molecular flexibility index (Phi) is 4.95. The highest BCUT2D eigenvalue weighted by atomic mass is 16.4. The molecule has 0 saturated carbocycles. The molecular formula is C13H22N4O. The fourth-order valence-electron chi connectivity index (χ4n) is 1.89. The maximum Gasteiger partial charge on any atom is 0.173 e. The van der Waals surface area contributed by atoms with Crippen LogP contribution < -0.4 is 10.6 Å². The van der Waals surface area contributed by atoms with Gasteiger partial charge < -0.3 is 15.8 Å². The Bertz CT molecular complexity index is 431. The molecule has 0 aliphatic rings. The summed E-state index contributed by atoms with van der Waals surface area (Å²) < 4.78 is 0. The fourth-order valence-corrected chi connectivity index (χ4v) is 1.89. The van der Waals surface area contributed by atoms with Crippen LogP contribution in [0, 0.1) is 6.92 Å². The third-order valence-corrected chi connectivity index (χ3v) is 3.10. The van der Waals surface area contributed by atoms with Crippen LogP contribution in [-0.4, -0.2) is 29.1 Å². The summed E-state index contributed by atoms with van der Waals surface area (Å²) >= 11 is 0. The predicted octanol–water partition coefficient (Wildman–Crippen LogP) is 2.11. The summed E-state index contributed by atoms with van der Waals surface area (Å²) in [5.41, 5.74) is 7.26. The van der Waals surface area contributed by atoms with Gasteiger partial charge in [0.25, 0.3) is 0 Å². The summed E-state index contributed by atoms with van der Waals surface area (Å²) in [6.07, 6.45) is 2.18. The van der Waals surface area contributed by atoms with Crippen LogP contribution in [0.15, 0.2) is 17.3 Å². The van der Waals surface area contributed by atoms with Crippen molar-refractivity contribution < 1.29 is 5.21 Å². The molecule has 0 radical (unpaired) electrons. The van der Waals surface area contributed by atoms with Crippen LogP contribution in [-0.2, 0) is 0 Å². The molecule has 0 aliphatic carbocycles. The standard InChI is InChI=1S/C13H22N4O/c1-5-6-10(3)17(4)13-11(12(14)16-18)8-7-9(2)15-13/h7-8,10,18H,5-6H2,1-4H3,(H2,14,16). The number of aromatic nitrogens is 1. The first kappa shape index (κ1) is 14.3. The minimum Gasteiger partial charge on any atom is -0.409 e. The van der Waals surface area contributed by atoms with E-state index in [9.17, 15) is 0 Å². The average molecular weight is 250 g/mol. The van der Waals surface area contributed by atoms with Crippen molar-refractivity contribution >= 4 is 11.7 Å². The van der Waals surface area contributed by atoms with E-state index in [-0.39, 0.29) is 5.84 Å². The van der Waals surface area contributed by atoms with E-state index in [2.05, 4.69) is 28.9 Å². The second kappa shape index (κ2) is 6.23. The molecule has 0 spiro atoms. The zero-order valence-electron chi connectivity index (χ0n) is 11.5. The first-order valence-corrected chi connectivity index (χ1v) is 6.19. The Hall–Kier alpha value is -1.78. The molecule has 0 bridgehead atoms. The Labute approximate surface area is 108 Å². The van der Waals surface area contributed by atoms with Gasteiger partial charge in [0.15, 0.2) is 5.84 Å². The van der Waals surface area contributed by atoms with Crippen LogP contribution in [0.2, 0.25) is 0 Å². The minimum absolute atomic E-state index is 0.0908. The van der Waals surface area contributed by atoms with Gasteiger partial charge in [0.1, 0.15) is 5.82 Å². The molecule has 5 nitrogen and oxygen atoms in total. The Balaban J connectivity index is 3.16. The Morgan fingerprint density at radius 3 is 2.78 bits per heavy atom. The van der Waals surface area contributed by atoms with Crippen LogP contribution in [0.5, 0.6) is 0 Å². The Morgan fingerprint density at radius 1 is 1.56 bits per heavy atom. The molecule has 0 aromatic carbocycles. The monoisotopic (exact) mass is 250 g/mol. The summed E-state index contributed by atoms with van der Waals surface area (Å²) in [5, 5.41) is 11.9. The van der Waals surface area contributed by atoms with E-state index in [1.54, 1.807) is 0 Å². The van der Waals surface area contributed by atoms with Crippen molar-refractivity contribution in [2.45, 2.75) is 39.7 Å². The van der Waals surface area contributed by atoms with E-state index in [0.717, 1.165) is 24.4 Å². The predicted molar refractivity (Wildman–Crippen MR) is 74.3 cm³/mol. The zero-order valence-corrected chi connectivity index (χ0v) is 11.5. The lowest BCUT2D eigenvalue weighted by atomic mass is 10.1. The smallest absolute Gasteiger partial charge is 0.173 e. The number of nitrogens with two attached hydrogens (primary N) is 1. The van der Waals surface area contributed by atoms with Crippen molar-refractivity contribution in [3.05, 3.63) is 23.4 Å². The van der Waals surface area contributed by atoms with Crippen LogP contribution in [0.25, 0.3) is 0 Å². The highest BCUT2D eigenvalue weighted by molar-refractivity contribution is 6.01. The number of hydrogen-bond donors (Lipinski definition) is 2. The van der Waals surface area contributed by atoms with E-state index in [0.29, 0.717) is 11.6 Å². The first-order valence-electron chi connectivity index (χ1n) is 6.19. The molecule has 1 unspecified atom stereocenters. The lowest BCUT2D eigenvalue weighted by Gasteiger charge is -2.27. The maximum absolute atomic E-state index is 8.82. The van der Waals surface area contributed by atoms with Crippen LogP contribution in [0.1, 0.15) is 37.9 Å². The van der Waals surface area contributed by atoms with Crippen LogP contribution in [0.3, 0.4) is 0 Å². The molecule has 0 fully saturated rings. The molecule has 1 heterocycles. The summed E-state index contributed by atoms with van der Waals surface area (Å²) in [7, 11) is 1.98. The van der Waals surface area contributed by atoms with Gasteiger partial charge >= 0.3 is 0 Å². The highest BCUT2D eigenvalue weighted by Crippen LogP contribution is 2.20. The minimum atomic E-state index is 0.0908. The van der Waals surface area contributed by atoms with E-state index in [4.69, 9.17) is 10.9 Å². The molecule has 1 aromatic rings. The summed E-state index contributed by atoms with van der Waals surface area (Å²) in [4.78, 5) is 6.57. The number of pyridine rings is 1. The van der Waals surface area contributed by atoms with Gasteiger partial charge in [0.05, 0.1) is 5.56 Å². The first-order chi connectivity index (χ1) is 8.51. The van der Waals surface area contributed by atoms with Gasteiger partial charge in [-0.3, -0.25) is 0 Å². The molecular weight excluding hydrogens is 228 g/mol. The third-order valence-electron chi connectivity index (χ3n) is 3.10. The summed E-state index contributed by atoms with van der Waals surface area (Å²) in [6.45, 7) is 6.22. The van der Waals surface area contributed by atoms with E-state index in [1.165, 1.54) is 0 Å². The Morgan fingerprint density at radius 2 is 2.22 bits per heavy atom. The normalized spacial score (nSPS) is 13.4. The number of anilines is 1. The lowest BCUT2D eigenvalue weighted by Crippen LogP contribution is -2.32. The topological polar surface area (TPSA) is 74.7 Å². The van der Waals surface area contributed by atoms with Crippen molar-refractivity contribution in [2.24, 2.45) is 10.9 Å². The van der Waals surface area contributed by atoms with Crippen molar-refractivity contribution in [1.29, 1.82) is 0 Å². The third kappa shape index (κ3) is 3.12. The van der Waals surface area contributed by atoms with Crippen molar-refractivity contribution in [2.75, 3.05) is 11.9 Å². The number of aryl methyl sites for hydroxylation is 1. The van der Waals surface area contributed by atoms with Gasteiger partial charge in [-0.05, 0) is 32.4 Å². The van der Waals surface area contributed by atoms with E-state index >= 15 is 0 Å². The lowest BCUT2D eigenvalue weighted by molar-refractivity contribution is 0.318. The van der Waals surface area contributed by atoms with Crippen LogP contribution >= 0.6 is 0 Å². The molecule has 5 heteroatoms. The summed E-state index contributed by atoms with van der Waals surface area (Å²) in [6, 6.07) is 4.05. The largest absolute Gasteiger partial charge is 0.409 e. The molecule has 3 N–H and O–H groups in total. The van der Waals surface area contributed by atoms with Gasteiger partial charge in [0, 0.05) is 18.8 Å². The van der Waals surface area contributed by atoms with E-state index < -0.39 is 0 Å². The van der Waals surface area contributed by atoms with Gasteiger partial charge in [-0.2, -0.15) is 0 Å². The number of nitrogens with zero attached hydrogens (tertiary/aromatic N) is 3. The number of rotatable bonds is 5. The molecule has 0 aliphatic heterocycles. The van der Waals surface area contributed by atoms with Crippen molar-refractivity contribution in [3.8, 4) is 0 Å². The van der Waals surface area contributed by atoms with Gasteiger partial charge in [-0.25, -0.2) is 4.98 Å². The zero-order chi connectivity index (χ0) is 13.7. The second-order valence-electron chi connectivity index (χ2n) is 4.56. The fraction of sp³-hybridized carbons (Fsp3) is 0.538. The molecule has 18 heavy (non-hydrogen) atoms. The van der Waals surface area contributed by atoms with Gasteiger partial charge in [-0.1, -0.05) is 18.5 Å². The van der Waals surface area contributed by atoms with Crippen molar-refractivity contribution in [1.82, 2.24) is 4.98 Å². The van der Waals surface area contributed by atoms with Gasteiger partial charge in [0.2, 0.25) is 0 Å². The van der Waals surface area contributed by atoms with E-state index in [1.807, 2.05) is 26.1 Å². The highest BCUT2D eigenvalue weighted by Gasteiger charge is 2.17. The SMILES string of the molecule is CCCC(C)N(C)c1nc(C)ccc1C(N)=NO. The molecule has 100 valence electrons. The quantitative estimate of drug-likeness (QED) is 0.363. The molecule has 0 saturated heterocycles. The molecule has 1 atom stereocenters. The maximum atomic E-state index is 8.82. The van der Waals surface area contributed by atoms with Crippen LogP contribution in [0.4, 0.5) is 5.82 Å². The number of hydrogen-bond acceptors (Lipinski definition) is 4. The number of amidine groups is 1. The average Bonchev–Trinajstić information content (AvgIpc) is 2.37.